The van der Waals surface area contributed by atoms with Gasteiger partial charge in [0, 0.05) is 5.39 Å². The summed E-state index contributed by atoms with van der Waals surface area (Å²) in [5, 5.41) is 7.52. The van der Waals surface area contributed by atoms with Gasteiger partial charge in [-0.1, -0.05) is 12.1 Å². The molecule has 58 valence electrons. The molecule has 0 aliphatic carbocycles. The summed E-state index contributed by atoms with van der Waals surface area (Å²) in [6, 6.07) is 5.43. The van der Waals surface area contributed by atoms with Crippen LogP contribution in [0.2, 0.25) is 0 Å². The minimum Gasteiger partial charge on any atom is -0.276 e. The van der Waals surface area contributed by atoms with Gasteiger partial charge in [-0.3, -0.25) is 5.10 Å². The molecule has 0 unspecified atom stereocenters. The van der Waals surface area contributed by atoms with Crippen molar-refractivity contribution in [1.29, 1.82) is 0 Å². The number of para-hydroxylation sites is 1. The number of hydrogen-bond acceptors (Lipinski definition) is 3. The number of H-pyrrole nitrogens is 1. The number of rotatable bonds is 1. The SMILES string of the molecule is O=C=Nc1cccc2cn[nH]c12. The van der Waals surface area contributed by atoms with Crippen LogP contribution in [0.25, 0.3) is 10.9 Å². The van der Waals surface area contributed by atoms with Crippen molar-refractivity contribution in [3.05, 3.63) is 24.4 Å². The van der Waals surface area contributed by atoms with Crippen molar-refractivity contribution in [1.82, 2.24) is 10.2 Å². The van der Waals surface area contributed by atoms with Crippen molar-refractivity contribution in [2.45, 2.75) is 0 Å². The number of aromatic amines is 1. The fourth-order valence-corrected chi connectivity index (χ4v) is 1.10. The lowest BCUT2D eigenvalue weighted by Crippen LogP contribution is -1.69. The predicted molar refractivity (Wildman–Crippen MR) is 43.9 cm³/mol. The Morgan fingerprint density at radius 1 is 1.50 bits per heavy atom. The van der Waals surface area contributed by atoms with E-state index in [1.165, 1.54) is 6.08 Å². The van der Waals surface area contributed by atoms with Gasteiger partial charge in [-0.15, -0.1) is 0 Å². The molecule has 0 saturated carbocycles. The molecule has 2 aromatic rings. The third kappa shape index (κ3) is 0.909. The number of carbonyl (C=O) groups excluding carboxylic acids is 1. The first-order valence-electron chi connectivity index (χ1n) is 3.42. The fraction of sp³-hybridized carbons (Fsp3) is 0. The molecular formula is C8H5N3O. The monoisotopic (exact) mass is 159 g/mol. The van der Waals surface area contributed by atoms with E-state index >= 15 is 0 Å². The Morgan fingerprint density at radius 2 is 2.42 bits per heavy atom. The third-order valence-electron chi connectivity index (χ3n) is 1.62. The molecule has 0 bridgehead atoms. The van der Waals surface area contributed by atoms with Crippen molar-refractivity contribution in [3.8, 4) is 0 Å². The Morgan fingerprint density at radius 3 is 3.25 bits per heavy atom. The van der Waals surface area contributed by atoms with E-state index in [0.717, 1.165) is 10.9 Å². The van der Waals surface area contributed by atoms with E-state index in [1.54, 1.807) is 12.3 Å². The summed E-state index contributed by atoms with van der Waals surface area (Å²) in [7, 11) is 0. The van der Waals surface area contributed by atoms with Crippen LogP contribution in [0.15, 0.2) is 29.4 Å². The summed E-state index contributed by atoms with van der Waals surface area (Å²) in [6.45, 7) is 0. The fourth-order valence-electron chi connectivity index (χ4n) is 1.10. The number of hydrogen-bond donors (Lipinski definition) is 1. The minimum atomic E-state index is 0.569. The second kappa shape index (κ2) is 2.60. The van der Waals surface area contributed by atoms with E-state index in [1.807, 2.05) is 12.1 Å². The topological polar surface area (TPSA) is 58.1 Å². The molecular weight excluding hydrogens is 154 g/mol. The maximum atomic E-state index is 10.0. The van der Waals surface area contributed by atoms with Gasteiger partial charge in [-0.25, -0.2) is 4.79 Å². The lowest BCUT2D eigenvalue weighted by Gasteiger charge is -1.90. The number of aromatic nitrogens is 2. The zero-order valence-corrected chi connectivity index (χ0v) is 6.11. The van der Waals surface area contributed by atoms with Crippen molar-refractivity contribution in [2.75, 3.05) is 0 Å². The molecule has 4 nitrogen and oxygen atoms in total. The van der Waals surface area contributed by atoms with E-state index < -0.39 is 0 Å². The number of nitrogens with zero attached hydrogens (tertiary/aromatic N) is 2. The summed E-state index contributed by atoms with van der Waals surface area (Å²) in [4.78, 5) is 13.5. The Balaban J connectivity index is 2.81. The highest BCUT2D eigenvalue weighted by Gasteiger charge is 1.99. The maximum absolute atomic E-state index is 10.0. The van der Waals surface area contributed by atoms with Crippen molar-refractivity contribution >= 4 is 22.7 Å². The number of fused-ring (bicyclic) bond motifs is 1. The van der Waals surface area contributed by atoms with Crippen LogP contribution in [0.3, 0.4) is 0 Å². The normalized spacial score (nSPS) is 9.67. The zero-order chi connectivity index (χ0) is 8.39. The van der Waals surface area contributed by atoms with E-state index in [0.29, 0.717) is 5.69 Å². The van der Waals surface area contributed by atoms with E-state index in [4.69, 9.17) is 0 Å². The minimum absolute atomic E-state index is 0.569. The molecule has 0 aliphatic rings. The maximum Gasteiger partial charge on any atom is 0.240 e. The molecule has 4 heteroatoms. The van der Waals surface area contributed by atoms with Gasteiger partial charge in [0.2, 0.25) is 6.08 Å². The Labute approximate surface area is 67.9 Å². The number of benzene rings is 1. The average Bonchev–Trinajstić information content (AvgIpc) is 2.53. The summed E-state index contributed by atoms with van der Waals surface area (Å²) in [5.74, 6) is 0. The van der Waals surface area contributed by atoms with Crippen molar-refractivity contribution in [3.63, 3.8) is 0 Å². The number of aliphatic imine (C=N–C) groups is 1. The number of isocyanates is 1. The molecule has 0 aliphatic heterocycles. The molecule has 0 amide bonds. The molecule has 0 atom stereocenters. The first-order chi connectivity index (χ1) is 5.92. The molecule has 1 aromatic heterocycles. The van der Waals surface area contributed by atoms with Crippen LogP contribution >= 0.6 is 0 Å². The van der Waals surface area contributed by atoms with Crippen LogP contribution in [0.1, 0.15) is 0 Å². The molecule has 1 aromatic carbocycles. The summed E-state index contributed by atoms with van der Waals surface area (Å²) in [5.41, 5.74) is 1.33. The largest absolute Gasteiger partial charge is 0.276 e. The molecule has 0 saturated heterocycles. The van der Waals surface area contributed by atoms with E-state index in [9.17, 15) is 4.79 Å². The van der Waals surface area contributed by atoms with Gasteiger partial charge in [0.05, 0.1) is 11.7 Å². The predicted octanol–water partition coefficient (Wildman–Crippen LogP) is 1.53. The van der Waals surface area contributed by atoms with E-state index in [-0.39, 0.29) is 0 Å². The second-order valence-electron chi connectivity index (χ2n) is 2.31. The van der Waals surface area contributed by atoms with Crippen molar-refractivity contribution < 1.29 is 4.79 Å². The molecule has 1 heterocycles. The highest BCUT2D eigenvalue weighted by atomic mass is 16.1. The van der Waals surface area contributed by atoms with Gasteiger partial charge in [0.25, 0.3) is 0 Å². The second-order valence-corrected chi connectivity index (χ2v) is 2.31. The van der Waals surface area contributed by atoms with Gasteiger partial charge >= 0.3 is 0 Å². The lowest BCUT2D eigenvalue weighted by atomic mass is 10.2. The van der Waals surface area contributed by atoms with Crippen LogP contribution in [-0.4, -0.2) is 16.3 Å². The quantitative estimate of drug-likeness (QED) is 0.506. The van der Waals surface area contributed by atoms with Gasteiger partial charge in [0.15, 0.2) is 0 Å². The molecule has 2 rings (SSSR count). The number of nitrogens with one attached hydrogen (secondary N) is 1. The Kier molecular flexibility index (Phi) is 1.47. The lowest BCUT2D eigenvalue weighted by molar-refractivity contribution is 0.565. The molecule has 0 radical (unpaired) electrons. The average molecular weight is 159 g/mol. The van der Waals surface area contributed by atoms with Crippen molar-refractivity contribution in [2.24, 2.45) is 4.99 Å². The Bertz CT molecular complexity index is 454. The van der Waals surface area contributed by atoms with Crippen LogP contribution in [0.5, 0.6) is 0 Å². The zero-order valence-electron chi connectivity index (χ0n) is 6.11. The van der Waals surface area contributed by atoms with Crippen LogP contribution in [-0.2, 0) is 4.79 Å². The first kappa shape index (κ1) is 6.76. The molecule has 0 fully saturated rings. The summed E-state index contributed by atoms with van der Waals surface area (Å²) >= 11 is 0. The summed E-state index contributed by atoms with van der Waals surface area (Å²) in [6.07, 6.45) is 3.17. The summed E-state index contributed by atoms with van der Waals surface area (Å²) < 4.78 is 0. The van der Waals surface area contributed by atoms with Crippen LogP contribution in [0, 0.1) is 0 Å². The first-order valence-corrected chi connectivity index (χ1v) is 3.42. The van der Waals surface area contributed by atoms with Gasteiger partial charge in [-0.2, -0.15) is 10.1 Å². The molecule has 0 spiro atoms. The highest BCUT2D eigenvalue weighted by Crippen LogP contribution is 2.22. The Hall–Kier alpha value is -1.93. The van der Waals surface area contributed by atoms with Gasteiger partial charge < -0.3 is 0 Å². The molecule has 12 heavy (non-hydrogen) atoms. The molecule has 1 N–H and O–H groups in total. The van der Waals surface area contributed by atoms with Crippen LogP contribution in [0.4, 0.5) is 5.69 Å². The standard InChI is InChI=1S/C8H5N3O/c12-5-9-7-3-1-2-6-4-10-11-8(6)7/h1-4H,(H,10,11). The van der Waals surface area contributed by atoms with Gasteiger partial charge in [0.1, 0.15) is 5.69 Å². The highest BCUT2D eigenvalue weighted by molar-refractivity contribution is 5.89. The van der Waals surface area contributed by atoms with Gasteiger partial charge in [-0.05, 0) is 6.07 Å². The van der Waals surface area contributed by atoms with Crippen LogP contribution < -0.4 is 0 Å². The third-order valence-corrected chi connectivity index (χ3v) is 1.62. The van der Waals surface area contributed by atoms with E-state index in [2.05, 4.69) is 15.2 Å². The smallest absolute Gasteiger partial charge is 0.240 e.